The van der Waals surface area contributed by atoms with Gasteiger partial charge < -0.3 is 19.8 Å². The van der Waals surface area contributed by atoms with E-state index in [0.29, 0.717) is 12.2 Å². The molecule has 112 valence electrons. The number of nitrogens with zero attached hydrogens (tertiary/aromatic N) is 2. The van der Waals surface area contributed by atoms with Crippen molar-refractivity contribution in [1.82, 2.24) is 14.7 Å². The van der Waals surface area contributed by atoms with Gasteiger partial charge in [-0.2, -0.15) is 0 Å². The molecule has 2 N–H and O–H groups in total. The van der Waals surface area contributed by atoms with Crippen molar-refractivity contribution in [2.45, 2.75) is 6.54 Å². The second kappa shape index (κ2) is 6.17. The Bertz CT molecular complexity index is 747. The summed E-state index contributed by atoms with van der Waals surface area (Å²) in [7, 11) is 1.60. The van der Waals surface area contributed by atoms with Gasteiger partial charge in [0.15, 0.2) is 0 Å². The van der Waals surface area contributed by atoms with Crippen LogP contribution in [0.1, 0.15) is 5.69 Å². The number of imidazole rings is 1. The number of urea groups is 1. The van der Waals surface area contributed by atoms with Crippen molar-refractivity contribution < 1.29 is 9.53 Å². The van der Waals surface area contributed by atoms with Gasteiger partial charge in [-0.1, -0.05) is 6.07 Å². The SMILES string of the molecule is COc1ccc(NC(=O)NCc2cn3ccccc3n2)cc1. The number of methoxy groups -OCH3 is 1. The molecule has 3 rings (SSSR count). The van der Waals surface area contributed by atoms with Crippen LogP contribution in [0, 0.1) is 0 Å². The molecule has 0 saturated carbocycles. The summed E-state index contributed by atoms with van der Waals surface area (Å²) in [6, 6.07) is 12.6. The van der Waals surface area contributed by atoms with Crippen molar-refractivity contribution in [3.05, 3.63) is 60.6 Å². The summed E-state index contributed by atoms with van der Waals surface area (Å²) in [6.07, 6.45) is 3.81. The zero-order valence-electron chi connectivity index (χ0n) is 12.1. The number of amides is 2. The molecule has 0 spiro atoms. The van der Waals surface area contributed by atoms with Gasteiger partial charge in [-0.15, -0.1) is 0 Å². The van der Waals surface area contributed by atoms with Gasteiger partial charge in [-0.3, -0.25) is 0 Å². The monoisotopic (exact) mass is 296 g/mol. The molecule has 22 heavy (non-hydrogen) atoms. The molecule has 0 aliphatic heterocycles. The Hall–Kier alpha value is -3.02. The molecule has 3 aromatic rings. The van der Waals surface area contributed by atoms with Crippen LogP contribution in [0.2, 0.25) is 0 Å². The highest BCUT2D eigenvalue weighted by Crippen LogP contribution is 2.14. The highest BCUT2D eigenvalue weighted by Gasteiger charge is 2.04. The second-order valence-electron chi connectivity index (χ2n) is 4.73. The van der Waals surface area contributed by atoms with E-state index in [1.807, 2.05) is 35.0 Å². The average Bonchev–Trinajstić information content (AvgIpc) is 2.96. The van der Waals surface area contributed by atoms with E-state index in [1.165, 1.54) is 0 Å². The molecule has 0 bridgehead atoms. The van der Waals surface area contributed by atoms with Crippen molar-refractivity contribution in [2.75, 3.05) is 12.4 Å². The number of carbonyl (C=O) groups is 1. The molecule has 0 saturated heterocycles. The molecule has 2 amide bonds. The number of ether oxygens (including phenoxy) is 1. The van der Waals surface area contributed by atoms with Crippen LogP contribution < -0.4 is 15.4 Å². The highest BCUT2D eigenvalue weighted by molar-refractivity contribution is 5.89. The number of pyridine rings is 1. The summed E-state index contributed by atoms with van der Waals surface area (Å²) in [5, 5.41) is 5.54. The van der Waals surface area contributed by atoms with Gasteiger partial charge in [-0.25, -0.2) is 9.78 Å². The number of benzene rings is 1. The molecule has 1 aromatic carbocycles. The molecule has 0 radical (unpaired) electrons. The molecule has 6 heteroatoms. The average molecular weight is 296 g/mol. The zero-order valence-corrected chi connectivity index (χ0v) is 12.1. The molecule has 0 aliphatic rings. The third-order valence-corrected chi connectivity index (χ3v) is 3.19. The molecule has 0 fully saturated rings. The van der Waals surface area contributed by atoms with E-state index in [4.69, 9.17) is 4.74 Å². The van der Waals surface area contributed by atoms with E-state index in [-0.39, 0.29) is 6.03 Å². The van der Waals surface area contributed by atoms with Crippen LogP contribution in [0.4, 0.5) is 10.5 Å². The lowest BCUT2D eigenvalue weighted by atomic mass is 10.3. The normalized spacial score (nSPS) is 10.4. The predicted octanol–water partition coefficient (Wildman–Crippen LogP) is 2.66. The van der Waals surface area contributed by atoms with Crippen molar-refractivity contribution in [2.24, 2.45) is 0 Å². The Labute approximate surface area is 127 Å². The smallest absolute Gasteiger partial charge is 0.319 e. The summed E-state index contributed by atoms with van der Waals surface area (Å²) in [5.41, 5.74) is 2.36. The molecular weight excluding hydrogens is 280 g/mol. The van der Waals surface area contributed by atoms with Gasteiger partial charge in [0.2, 0.25) is 0 Å². The van der Waals surface area contributed by atoms with Crippen LogP contribution in [-0.2, 0) is 6.54 Å². The van der Waals surface area contributed by atoms with Crippen molar-refractivity contribution >= 4 is 17.4 Å². The third kappa shape index (κ3) is 3.17. The maximum atomic E-state index is 11.9. The Morgan fingerprint density at radius 1 is 1.23 bits per heavy atom. The maximum Gasteiger partial charge on any atom is 0.319 e. The topological polar surface area (TPSA) is 67.7 Å². The van der Waals surface area contributed by atoms with Crippen LogP contribution in [0.25, 0.3) is 5.65 Å². The minimum absolute atomic E-state index is 0.276. The fourth-order valence-electron chi connectivity index (χ4n) is 2.09. The number of carbonyl (C=O) groups excluding carboxylic acids is 1. The number of aromatic nitrogens is 2. The lowest BCUT2D eigenvalue weighted by Gasteiger charge is -2.07. The largest absolute Gasteiger partial charge is 0.497 e. The van der Waals surface area contributed by atoms with E-state index in [0.717, 1.165) is 17.1 Å². The standard InChI is InChI=1S/C16H16N4O2/c1-22-14-7-5-12(6-8-14)19-16(21)17-10-13-11-20-9-3-2-4-15(20)18-13/h2-9,11H,10H2,1H3,(H2,17,19,21). The molecule has 6 nitrogen and oxygen atoms in total. The van der Waals surface area contributed by atoms with Gasteiger partial charge in [-0.05, 0) is 36.4 Å². The third-order valence-electron chi connectivity index (χ3n) is 3.19. The first kappa shape index (κ1) is 13.9. The number of nitrogens with one attached hydrogen (secondary N) is 2. The minimum atomic E-state index is -0.276. The number of rotatable bonds is 4. The van der Waals surface area contributed by atoms with Crippen molar-refractivity contribution in [3.8, 4) is 5.75 Å². The van der Waals surface area contributed by atoms with E-state index < -0.39 is 0 Å². The molecule has 0 atom stereocenters. The molecule has 2 heterocycles. The lowest BCUT2D eigenvalue weighted by Crippen LogP contribution is -2.28. The number of fused-ring (bicyclic) bond motifs is 1. The first-order valence-electron chi connectivity index (χ1n) is 6.86. The summed E-state index contributed by atoms with van der Waals surface area (Å²) < 4.78 is 6.98. The van der Waals surface area contributed by atoms with Crippen LogP contribution in [0.3, 0.4) is 0 Å². The summed E-state index contributed by atoms with van der Waals surface area (Å²) in [6.45, 7) is 0.365. The van der Waals surface area contributed by atoms with Crippen LogP contribution in [0.15, 0.2) is 54.9 Å². The summed E-state index contributed by atoms with van der Waals surface area (Å²) in [4.78, 5) is 16.3. The van der Waals surface area contributed by atoms with Crippen LogP contribution in [0.5, 0.6) is 5.75 Å². The molecule has 0 aliphatic carbocycles. The van der Waals surface area contributed by atoms with Gasteiger partial charge >= 0.3 is 6.03 Å². The van der Waals surface area contributed by atoms with Crippen LogP contribution >= 0.6 is 0 Å². The fourth-order valence-corrected chi connectivity index (χ4v) is 2.09. The lowest BCUT2D eigenvalue weighted by molar-refractivity contribution is 0.251. The van der Waals surface area contributed by atoms with E-state index >= 15 is 0 Å². The Balaban J connectivity index is 1.57. The van der Waals surface area contributed by atoms with Gasteiger partial charge in [0.1, 0.15) is 11.4 Å². The fraction of sp³-hybridized carbons (Fsp3) is 0.125. The number of hydrogen-bond acceptors (Lipinski definition) is 3. The number of anilines is 1. The predicted molar refractivity (Wildman–Crippen MR) is 84.0 cm³/mol. The van der Waals surface area contributed by atoms with Gasteiger partial charge in [0, 0.05) is 18.1 Å². The Morgan fingerprint density at radius 2 is 2.05 bits per heavy atom. The second-order valence-corrected chi connectivity index (χ2v) is 4.73. The first-order chi connectivity index (χ1) is 10.7. The molecule has 2 aromatic heterocycles. The molecular formula is C16H16N4O2. The van der Waals surface area contributed by atoms with Gasteiger partial charge in [0.25, 0.3) is 0 Å². The van der Waals surface area contributed by atoms with Crippen LogP contribution in [-0.4, -0.2) is 22.5 Å². The Kier molecular flexibility index (Phi) is 3.91. The molecule has 0 unspecified atom stereocenters. The highest BCUT2D eigenvalue weighted by atomic mass is 16.5. The van der Waals surface area contributed by atoms with Crippen molar-refractivity contribution in [3.63, 3.8) is 0 Å². The summed E-state index contributed by atoms with van der Waals surface area (Å²) in [5.74, 6) is 0.746. The zero-order chi connectivity index (χ0) is 15.4. The van der Waals surface area contributed by atoms with Gasteiger partial charge in [0.05, 0.1) is 19.3 Å². The van der Waals surface area contributed by atoms with E-state index in [9.17, 15) is 4.79 Å². The minimum Gasteiger partial charge on any atom is -0.497 e. The first-order valence-corrected chi connectivity index (χ1v) is 6.86. The Morgan fingerprint density at radius 3 is 2.77 bits per heavy atom. The maximum absolute atomic E-state index is 11.9. The van der Waals surface area contributed by atoms with E-state index in [2.05, 4.69) is 15.6 Å². The van der Waals surface area contributed by atoms with Crippen molar-refractivity contribution in [1.29, 1.82) is 0 Å². The van der Waals surface area contributed by atoms with E-state index in [1.54, 1.807) is 31.4 Å². The number of hydrogen-bond donors (Lipinski definition) is 2. The quantitative estimate of drug-likeness (QED) is 0.778. The summed E-state index contributed by atoms with van der Waals surface area (Å²) >= 11 is 0.